The highest BCUT2D eigenvalue weighted by Crippen LogP contribution is 2.28. The molecule has 0 aliphatic heterocycles. The Hall–Kier alpha value is -2.54. The van der Waals surface area contributed by atoms with Crippen molar-refractivity contribution in [2.45, 2.75) is 26.3 Å². The van der Waals surface area contributed by atoms with E-state index >= 15 is 0 Å². The highest BCUT2D eigenvalue weighted by molar-refractivity contribution is 5.88. The summed E-state index contributed by atoms with van der Waals surface area (Å²) in [6.07, 6.45) is 0.795. The van der Waals surface area contributed by atoms with Crippen LogP contribution in [0.25, 0.3) is 10.8 Å². The van der Waals surface area contributed by atoms with E-state index < -0.39 is 0 Å². The molecule has 0 radical (unpaired) electrons. The van der Waals surface area contributed by atoms with Crippen LogP contribution in [0.1, 0.15) is 25.3 Å². The summed E-state index contributed by atoms with van der Waals surface area (Å²) in [6.45, 7) is 3.05. The lowest BCUT2D eigenvalue weighted by Gasteiger charge is -2.14. The Morgan fingerprint density at radius 3 is 2.86 bits per heavy atom. The highest BCUT2D eigenvalue weighted by atomic mass is 16.5. The zero-order chi connectivity index (χ0) is 15.1. The number of amides is 1. The van der Waals surface area contributed by atoms with Crippen molar-refractivity contribution in [3.63, 3.8) is 0 Å². The van der Waals surface area contributed by atoms with E-state index in [1.54, 1.807) is 0 Å². The second-order valence-electron chi connectivity index (χ2n) is 4.72. The third-order valence-corrected chi connectivity index (χ3v) is 3.16. The summed E-state index contributed by atoms with van der Waals surface area (Å²) in [6, 6.07) is 13.8. The quantitative estimate of drug-likeness (QED) is 0.885. The second-order valence-corrected chi connectivity index (χ2v) is 4.72. The number of nitriles is 1. The van der Waals surface area contributed by atoms with Gasteiger partial charge in [0.15, 0.2) is 0 Å². The maximum atomic E-state index is 11.5. The van der Waals surface area contributed by atoms with Crippen molar-refractivity contribution in [3.8, 4) is 11.8 Å². The molecule has 0 aliphatic rings. The van der Waals surface area contributed by atoms with Crippen LogP contribution in [0.5, 0.6) is 5.75 Å². The number of carbonyl (C=O) groups excluding carboxylic acids is 1. The molecule has 0 bridgehead atoms. The average molecular weight is 282 g/mol. The lowest BCUT2D eigenvalue weighted by Crippen LogP contribution is -2.22. The number of fused-ring (bicyclic) bond motifs is 1. The van der Waals surface area contributed by atoms with Crippen molar-refractivity contribution in [2.75, 3.05) is 6.61 Å². The number of nitrogens with one attached hydrogen (secondary N) is 1. The molecule has 4 nitrogen and oxygen atoms in total. The monoisotopic (exact) mass is 282 g/mol. The molecule has 2 aromatic carbocycles. The van der Waals surface area contributed by atoms with Gasteiger partial charge in [-0.1, -0.05) is 37.3 Å². The molecule has 0 heterocycles. The predicted molar refractivity (Wildman–Crippen MR) is 81.8 cm³/mol. The van der Waals surface area contributed by atoms with E-state index in [9.17, 15) is 4.79 Å². The van der Waals surface area contributed by atoms with Crippen LogP contribution in [0, 0.1) is 11.3 Å². The summed E-state index contributed by atoms with van der Waals surface area (Å²) in [5, 5.41) is 13.5. The van der Waals surface area contributed by atoms with Gasteiger partial charge in [0.05, 0.1) is 12.7 Å². The number of nitrogens with zero attached hydrogens (tertiary/aromatic N) is 1. The van der Waals surface area contributed by atoms with Gasteiger partial charge >= 0.3 is 0 Å². The number of hydrogen-bond acceptors (Lipinski definition) is 3. The normalized spacial score (nSPS) is 10.1. The minimum atomic E-state index is -0.271. The molecule has 0 fully saturated rings. The Morgan fingerprint density at radius 1 is 1.29 bits per heavy atom. The average Bonchev–Trinajstić information content (AvgIpc) is 2.51. The van der Waals surface area contributed by atoms with Crippen LogP contribution >= 0.6 is 0 Å². The van der Waals surface area contributed by atoms with Crippen LogP contribution in [0.4, 0.5) is 0 Å². The van der Waals surface area contributed by atoms with Crippen molar-refractivity contribution in [2.24, 2.45) is 0 Å². The second kappa shape index (κ2) is 7.30. The summed E-state index contributed by atoms with van der Waals surface area (Å²) in [4.78, 5) is 11.5. The van der Waals surface area contributed by atoms with Gasteiger partial charge in [-0.15, -0.1) is 0 Å². The van der Waals surface area contributed by atoms with Crippen LogP contribution in [0.2, 0.25) is 0 Å². The Kier molecular flexibility index (Phi) is 5.16. The number of rotatable bonds is 6. The number of benzene rings is 2. The molecular formula is C17H18N2O2. The van der Waals surface area contributed by atoms with E-state index in [4.69, 9.17) is 10.00 Å². The third kappa shape index (κ3) is 3.73. The minimum absolute atomic E-state index is 0.129. The molecule has 2 aromatic rings. The van der Waals surface area contributed by atoms with E-state index in [0.29, 0.717) is 13.2 Å². The zero-order valence-electron chi connectivity index (χ0n) is 12.1. The van der Waals surface area contributed by atoms with E-state index in [0.717, 1.165) is 28.5 Å². The Labute approximate surface area is 124 Å². The highest BCUT2D eigenvalue weighted by Gasteiger charge is 2.10. The largest absolute Gasteiger partial charge is 0.493 e. The van der Waals surface area contributed by atoms with Gasteiger partial charge in [0, 0.05) is 12.1 Å². The lowest BCUT2D eigenvalue weighted by molar-refractivity contribution is -0.120. The molecule has 0 aliphatic carbocycles. The Balaban J connectivity index is 2.31. The first-order chi connectivity index (χ1) is 10.3. The summed E-state index contributed by atoms with van der Waals surface area (Å²) in [5.74, 6) is 0.514. The van der Waals surface area contributed by atoms with Gasteiger partial charge in [0.2, 0.25) is 5.91 Å². The summed E-state index contributed by atoms with van der Waals surface area (Å²) >= 11 is 0. The predicted octanol–water partition coefficient (Wildman–Crippen LogP) is 3.16. The van der Waals surface area contributed by atoms with E-state index in [1.807, 2.05) is 42.5 Å². The molecule has 21 heavy (non-hydrogen) atoms. The molecule has 0 saturated carbocycles. The first kappa shape index (κ1) is 14.9. The Morgan fingerprint density at radius 2 is 2.10 bits per heavy atom. The van der Waals surface area contributed by atoms with E-state index in [1.165, 1.54) is 0 Å². The van der Waals surface area contributed by atoms with Crippen LogP contribution in [0.3, 0.4) is 0 Å². The van der Waals surface area contributed by atoms with Gasteiger partial charge in [0.25, 0.3) is 0 Å². The fourth-order valence-corrected chi connectivity index (χ4v) is 2.17. The number of ether oxygens (including phenoxy) is 1. The smallest absolute Gasteiger partial charge is 0.234 e. The first-order valence-corrected chi connectivity index (χ1v) is 7.03. The van der Waals surface area contributed by atoms with Crippen molar-refractivity contribution < 1.29 is 9.53 Å². The summed E-state index contributed by atoms with van der Waals surface area (Å²) in [7, 11) is 0. The number of carbonyl (C=O) groups is 1. The third-order valence-electron chi connectivity index (χ3n) is 3.16. The van der Waals surface area contributed by atoms with Crippen molar-refractivity contribution in [3.05, 3.63) is 42.0 Å². The summed E-state index contributed by atoms with van der Waals surface area (Å²) in [5.41, 5.74) is 0.952. The van der Waals surface area contributed by atoms with Gasteiger partial charge < -0.3 is 10.1 Å². The molecule has 108 valence electrons. The molecule has 2 rings (SSSR count). The van der Waals surface area contributed by atoms with Crippen LogP contribution in [0.15, 0.2) is 36.4 Å². The van der Waals surface area contributed by atoms with Gasteiger partial charge in [-0.25, -0.2) is 0 Å². The van der Waals surface area contributed by atoms with Crippen LogP contribution in [-0.2, 0) is 11.3 Å². The molecule has 0 atom stereocenters. The Bertz CT molecular complexity index is 674. The van der Waals surface area contributed by atoms with Gasteiger partial charge in [-0.2, -0.15) is 5.26 Å². The SMILES string of the molecule is CCCOc1ccc2ccccc2c1CNC(=O)CC#N. The van der Waals surface area contributed by atoms with Crippen LogP contribution < -0.4 is 10.1 Å². The zero-order valence-corrected chi connectivity index (χ0v) is 12.1. The molecule has 0 unspecified atom stereocenters. The molecule has 0 spiro atoms. The molecular weight excluding hydrogens is 264 g/mol. The van der Waals surface area contributed by atoms with E-state index in [2.05, 4.69) is 12.2 Å². The maximum Gasteiger partial charge on any atom is 0.234 e. The van der Waals surface area contributed by atoms with Crippen LogP contribution in [-0.4, -0.2) is 12.5 Å². The van der Waals surface area contributed by atoms with E-state index in [-0.39, 0.29) is 12.3 Å². The molecule has 0 aromatic heterocycles. The van der Waals surface area contributed by atoms with Crippen molar-refractivity contribution in [1.82, 2.24) is 5.32 Å². The molecule has 1 amide bonds. The minimum Gasteiger partial charge on any atom is -0.493 e. The molecule has 1 N–H and O–H groups in total. The van der Waals surface area contributed by atoms with Crippen molar-refractivity contribution >= 4 is 16.7 Å². The van der Waals surface area contributed by atoms with Gasteiger partial charge in [0.1, 0.15) is 12.2 Å². The first-order valence-electron chi connectivity index (χ1n) is 7.03. The fraction of sp³-hybridized carbons (Fsp3) is 0.294. The summed E-state index contributed by atoms with van der Waals surface area (Å²) < 4.78 is 5.77. The van der Waals surface area contributed by atoms with Crippen molar-refractivity contribution in [1.29, 1.82) is 5.26 Å². The molecule has 0 saturated heterocycles. The number of hydrogen-bond donors (Lipinski definition) is 1. The molecule has 4 heteroatoms. The van der Waals surface area contributed by atoms with Gasteiger partial charge in [-0.05, 0) is 23.3 Å². The van der Waals surface area contributed by atoms with Gasteiger partial charge in [-0.3, -0.25) is 4.79 Å². The lowest BCUT2D eigenvalue weighted by atomic mass is 10.0. The topological polar surface area (TPSA) is 62.1 Å². The maximum absolute atomic E-state index is 11.5. The fourth-order valence-electron chi connectivity index (χ4n) is 2.17. The standard InChI is InChI=1S/C17H18N2O2/c1-2-11-21-16-8-7-13-5-3-4-6-14(13)15(16)12-19-17(20)9-10-18/h3-8H,2,9,11-12H2,1H3,(H,19,20).